The number of benzene rings is 3. The third-order valence-corrected chi connectivity index (χ3v) is 5.89. The molecule has 0 bridgehead atoms. The van der Waals surface area contributed by atoms with E-state index in [-0.39, 0.29) is 27.6 Å². The number of amides is 3. The first kappa shape index (κ1) is 21.1. The smallest absolute Gasteiger partial charge is 0.262 e. The lowest BCUT2D eigenvalue weighted by molar-refractivity contribution is -0.119. The maximum Gasteiger partial charge on any atom is 0.262 e. The Labute approximate surface area is 189 Å². The molecule has 1 heterocycles. The summed E-state index contributed by atoms with van der Waals surface area (Å²) in [5, 5.41) is 3.17. The molecule has 3 amide bonds. The summed E-state index contributed by atoms with van der Waals surface area (Å²) in [5.41, 5.74) is 2.73. The van der Waals surface area contributed by atoms with Gasteiger partial charge in [-0.3, -0.25) is 19.3 Å². The van der Waals surface area contributed by atoms with Crippen LogP contribution in [0.5, 0.6) is 0 Å². The van der Waals surface area contributed by atoms with Gasteiger partial charge >= 0.3 is 0 Å². The van der Waals surface area contributed by atoms with E-state index < -0.39 is 23.8 Å². The zero-order valence-corrected chi connectivity index (χ0v) is 18.1. The Morgan fingerprint density at radius 3 is 2.00 bits per heavy atom. The zero-order valence-electron chi connectivity index (χ0n) is 16.6. The van der Waals surface area contributed by atoms with Crippen LogP contribution in [0.1, 0.15) is 31.8 Å². The highest BCUT2D eigenvalue weighted by molar-refractivity contribution is 6.43. The zero-order chi connectivity index (χ0) is 22.1. The minimum Gasteiger partial charge on any atom is -0.324 e. The summed E-state index contributed by atoms with van der Waals surface area (Å²) >= 11 is 12.1. The van der Waals surface area contributed by atoms with Crippen LogP contribution in [0, 0.1) is 6.92 Å². The topological polar surface area (TPSA) is 66.5 Å². The molecule has 0 aliphatic carbocycles. The molecule has 0 unspecified atom stereocenters. The predicted molar refractivity (Wildman–Crippen MR) is 121 cm³/mol. The Morgan fingerprint density at radius 2 is 1.45 bits per heavy atom. The molecule has 1 N–H and O–H groups in total. The number of carbonyl (C=O) groups is 3. The van der Waals surface area contributed by atoms with Crippen molar-refractivity contribution >= 4 is 46.6 Å². The first-order chi connectivity index (χ1) is 14.8. The van der Waals surface area contributed by atoms with E-state index in [0.717, 1.165) is 16.0 Å². The second-order valence-corrected chi connectivity index (χ2v) is 8.17. The lowest BCUT2D eigenvalue weighted by Gasteiger charge is -2.25. The first-order valence-corrected chi connectivity index (χ1v) is 10.4. The molecule has 0 saturated carbocycles. The van der Waals surface area contributed by atoms with E-state index in [1.54, 1.807) is 12.1 Å². The molecule has 1 aliphatic rings. The SMILES string of the molecule is Cc1ccc(NC(=O)[C@@H](Cc2ccccc2)N2C(=O)c3cc(Cl)c(Cl)cc3C2=O)cc1. The lowest BCUT2D eigenvalue weighted by atomic mass is 10.0. The van der Waals surface area contributed by atoms with Gasteiger partial charge in [0, 0.05) is 12.1 Å². The average Bonchev–Trinajstić information content (AvgIpc) is 2.99. The number of hydrogen-bond donors (Lipinski definition) is 1. The summed E-state index contributed by atoms with van der Waals surface area (Å²) in [6.45, 7) is 1.94. The number of imide groups is 1. The average molecular weight is 453 g/mol. The van der Waals surface area contributed by atoms with E-state index >= 15 is 0 Å². The number of anilines is 1. The standard InChI is InChI=1S/C24H18Cl2N2O3/c1-14-7-9-16(10-8-14)27-22(29)21(11-15-5-3-2-4-6-15)28-23(30)17-12-19(25)20(26)13-18(17)24(28)31/h2-10,12-13,21H,11H2,1H3,(H,27,29)/t21-/m1/s1. The minimum absolute atomic E-state index is 0.139. The van der Waals surface area contributed by atoms with E-state index in [1.807, 2.05) is 49.4 Å². The van der Waals surface area contributed by atoms with Crippen molar-refractivity contribution in [1.82, 2.24) is 4.90 Å². The van der Waals surface area contributed by atoms with E-state index in [9.17, 15) is 14.4 Å². The number of carbonyl (C=O) groups excluding carboxylic acids is 3. The van der Waals surface area contributed by atoms with Gasteiger partial charge in [-0.15, -0.1) is 0 Å². The van der Waals surface area contributed by atoms with E-state index in [0.29, 0.717) is 5.69 Å². The monoisotopic (exact) mass is 452 g/mol. The first-order valence-electron chi connectivity index (χ1n) is 9.63. The van der Waals surface area contributed by atoms with Gasteiger partial charge in [0.1, 0.15) is 6.04 Å². The number of halogens is 2. The van der Waals surface area contributed by atoms with Gasteiger partial charge in [-0.25, -0.2) is 0 Å². The number of hydrogen-bond acceptors (Lipinski definition) is 3. The van der Waals surface area contributed by atoms with Crippen LogP contribution in [0.25, 0.3) is 0 Å². The molecule has 0 spiro atoms. The highest BCUT2D eigenvalue weighted by Gasteiger charge is 2.43. The second kappa shape index (κ2) is 8.53. The molecular formula is C24H18Cl2N2O3. The fourth-order valence-electron chi connectivity index (χ4n) is 3.54. The number of nitrogens with zero attached hydrogens (tertiary/aromatic N) is 1. The van der Waals surface area contributed by atoms with Crippen molar-refractivity contribution in [2.24, 2.45) is 0 Å². The number of fused-ring (bicyclic) bond motifs is 1. The van der Waals surface area contributed by atoms with Crippen molar-refractivity contribution in [2.75, 3.05) is 5.32 Å². The molecule has 156 valence electrons. The number of nitrogens with one attached hydrogen (secondary N) is 1. The number of aryl methyl sites for hydroxylation is 1. The van der Waals surface area contributed by atoms with Gasteiger partial charge in [0.15, 0.2) is 0 Å². The third kappa shape index (κ3) is 4.20. The van der Waals surface area contributed by atoms with Crippen molar-refractivity contribution in [2.45, 2.75) is 19.4 Å². The van der Waals surface area contributed by atoms with Gasteiger partial charge in [-0.05, 0) is 36.8 Å². The molecule has 3 aromatic rings. The van der Waals surface area contributed by atoms with Crippen molar-refractivity contribution in [1.29, 1.82) is 0 Å². The summed E-state index contributed by atoms with van der Waals surface area (Å²) in [6.07, 6.45) is 0.172. The van der Waals surface area contributed by atoms with E-state index in [4.69, 9.17) is 23.2 Å². The van der Waals surface area contributed by atoms with Gasteiger partial charge in [0.05, 0.1) is 21.2 Å². The fraction of sp³-hybridized carbons (Fsp3) is 0.125. The van der Waals surface area contributed by atoms with Crippen molar-refractivity contribution in [3.05, 3.63) is 99.0 Å². The van der Waals surface area contributed by atoms with Crippen LogP contribution in [-0.4, -0.2) is 28.7 Å². The molecular weight excluding hydrogens is 435 g/mol. The molecule has 0 radical (unpaired) electrons. The van der Waals surface area contributed by atoms with Crippen molar-refractivity contribution < 1.29 is 14.4 Å². The quantitative estimate of drug-likeness (QED) is 0.544. The Bertz CT molecular complexity index is 1140. The fourth-order valence-corrected chi connectivity index (χ4v) is 3.86. The van der Waals surface area contributed by atoms with Gasteiger partial charge in [0.25, 0.3) is 11.8 Å². The van der Waals surface area contributed by atoms with Crippen molar-refractivity contribution in [3.63, 3.8) is 0 Å². The predicted octanol–water partition coefficient (Wildman–Crippen LogP) is 5.15. The maximum absolute atomic E-state index is 13.3. The van der Waals surface area contributed by atoms with E-state index in [1.165, 1.54) is 12.1 Å². The lowest BCUT2D eigenvalue weighted by Crippen LogP contribution is -2.48. The van der Waals surface area contributed by atoms with Gasteiger partial charge < -0.3 is 5.32 Å². The molecule has 0 aromatic heterocycles. The van der Waals surface area contributed by atoms with Crippen LogP contribution in [0.4, 0.5) is 5.69 Å². The molecule has 1 aliphatic heterocycles. The summed E-state index contributed by atoms with van der Waals surface area (Å²) in [4.78, 5) is 40.5. The maximum atomic E-state index is 13.3. The summed E-state index contributed by atoms with van der Waals surface area (Å²) in [7, 11) is 0. The third-order valence-electron chi connectivity index (χ3n) is 5.16. The van der Waals surface area contributed by atoms with Gasteiger partial charge in [-0.2, -0.15) is 0 Å². The van der Waals surface area contributed by atoms with Crippen LogP contribution in [0.3, 0.4) is 0 Å². The molecule has 0 saturated heterocycles. The van der Waals surface area contributed by atoms with Crippen LogP contribution < -0.4 is 5.32 Å². The van der Waals surface area contributed by atoms with E-state index in [2.05, 4.69) is 5.32 Å². The largest absolute Gasteiger partial charge is 0.324 e. The Hall–Kier alpha value is -3.15. The normalized spacial score (nSPS) is 13.8. The molecule has 1 atom stereocenters. The molecule has 5 nitrogen and oxygen atoms in total. The molecule has 0 fully saturated rings. The Balaban J connectivity index is 1.70. The highest BCUT2D eigenvalue weighted by atomic mass is 35.5. The summed E-state index contributed by atoms with van der Waals surface area (Å²) in [5.74, 6) is -1.60. The van der Waals surface area contributed by atoms with Crippen molar-refractivity contribution in [3.8, 4) is 0 Å². The summed E-state index contributed by atoms with van der Waals surface area (Å²) in [6, 6.07) is 18.2. The Kier molecular flexibility index (Phi) is 5.81. The number of rotatable bonds is 5. The summed E-state index contributed by atoms with van der Waals surface area (Å²) < 4.78 is 0. The van der Waals surface area contributed by atoms with Gasteiger partial charge in [-0.1, -0.05) is 71.2 Å². The van der Waals surface area contributed by atoms with Crippen LogP contribution in [-0.2, 0) is 11.2 Å². The molecule has 31 heavy (non-hydrogen) atoms. The Morgan fingerprint density at radius 1 is 0.903 bits per heavy atom. The van der Waals surface area contributed by atoms with Crippen LogP contribution in [0.15, 0.2) is 66.7 Å². The van der Waals surface area contributed by atoms with Gasteiger partial charge in [0.2, 0.25) is 5.91 Å². The highest BCUT2D eigenvalue weighted by Crippen LogP contribution is 2.33. The van der Waals surface area contributed by atoms with Crippen LogP contribution in [0.2, 0.25) is 10.0 Å². The molecule has 3 aromatic carbocycles. The molecule has 7 heteroatoms. The minimum atomic E-state index is -1.05. The van der Waals surface area contributed by atoms with Crippen LogP contribution >= 0.6 is 23.2 Å². The second-order valence-electron chi connectivity index (χ2n) is 7.35. The molecule has 4 rings (SSSR count).